The van der Waals surface area contributed by atoms with E-state index in [9.17, 15) is 14.6 Å². The summed E-state index contributed by atoms with van der Waals surface area (Å²) in [4.78, 5) is 8.56. The fourth-order valence-electron chi connectivity index (χ4n) is 3.31. The lowest BCUT2D eigenvalue weighted by atomic mass is 9.89. The zero-order valence-electron chi connectivity index (χ0n) is 12.6. The minimum absolute atomic E-state index is 0.0571. The molecule has 1 saturated carbocycles. The van der Waals surface area contributed by atoms with Crippen LogP contribution in [-0.4, -0.2) is 38.9 Å². The number of aliphatic hydroxyl groups excluding tert-OH is 2. The van der Waals surface area contributed by atoms with Crippen LogP contribution < -0.4 is 5.73 Å². The molecule has 3 rings (SSSR count). The zero-order valence-corrected chi connectivity index (χ0v) is 12.6. The zero-order chi connectivity index (χ0) is 16.4. The Hall–Kier alpha value is -1.89. The van der Waals surface area contributed by atoms with Crippen molar-refractivity contribution in [1.29, 1.82) is 0 Å². The highest BCUT2D eigenvalue weighted by Gasteiger charge is 2.40. The summed E-state index contributed by atoms with van der Waals surface area (Å²) < 4.78 is 13.9. The minimum Gasteiger partial charge on any atom is -0.396 e. The van der Waals surface area contributed by atoms with Gasteiger partial charge in [-0.25, -0.2) is 14.4 Å². The SMILES string of the molecule is NC1CC(O)C(CO)C1Cc1ccnc(-c2ccccc2F)n1. The maximum atomic E-state index is 13.9. The molecule has 4 N–H and O–H groups in total. The summed E-state index contributed by atoms with van der Waals surface area (Å²) in [5.74, 6) is -0.352. The highest BCUT2D eigenvalue weighted by molar-refractivity contribution is 5.55. The smallest absolute Gasteiger partial charge is 0.162 e. The molecule has 1 fully saturated rings. The number of halogens is 1. The molecule has 0 amide bonds. The van der Waals surface area contributed by atoms with Gasteiger partial charge in [0.05, 0.1) is 11.7 Å². The van der Waals surface area contributed by atoms with Gasteiger partial charge in [-0.1, -0.05) is 12.1 Å². The summed E-state index contributed by atoms with van der Waals surface area (Å²) >= 11 is 0. The molecular formula is C17H20FN3O2. The lowest BCUT2D eigenvalue weighted by molar-refractivity contribution is 0.0718. The fraction of sp³-hybridized carbons (Fsp3) is 0.412. The second-order valence-electron chi connectivity index (χ2n) is 6.03. The first kappa shape index (κ1) is 16.0. The topological polar surface area (TPSA) is 92.3 Å². The molecule has 1 aliphatic rings. The molecule has 6 heteroatoms. The lowest BCUT2D eigenvalue weighted by Crippen LogP contribution is -2.31. The fourth-order valence-corrected chi connectivity index (χ4v) is 3.31. The summed E-state index contributed by atoms with van der Waals surface area (Å²) in [5, 5.41) is 19.4. The van der Waals surface area contributed by atoms with E-state index in [0.717, 1.165) is 5.69 Å². The summed E-state index contributed by atoms with van der Waals surface area (Å²) in [6.07, 6.45) is 2.00. The van der Waals surface area contributed by atoms with Crippen LogP contribution in [-0.2, 0) is 6.42 Å². The van der Waals surface area contributed by atoms with Gasteiger partial charge < -0.3 is 15.9 Å². The van der Waals surface area contributed by atoms with Crippen molar-refractivity contribution in [2.24, 2.45) is 17.6 Å². The van der Waals surface area contributed by atoms with Gasteiger partial charge in [0.2, 0.25) is 0 Å². The van der Waals surface area contributed by atoms with Crippen molar-refractivity contribution in [3.63, 3.8) is 0 Å². The molecule has 2 aromatic rings. The van der Waals surface area contributed by atoms with E-state index in [1.807, 2.05) is 0 Å². The molecule has 0 aliphatic heterocycles. The van der Waals surface area contributed by atoms with Crippen molar-refractivity contribution in [3.8, 4) is 11.4 Å². The first-order valence-electron chi connectivity index (χ1n) is 7.71. The minimum atomic E-state index is -0.590. The maximum absolute atomic E-state index is 13.9. The Labute approximate surface area is 134 Å². The molecule has 0 radical (unpaired) electrons. The Bertz CT molecular complexity index is 682. The van der Waals surface area contributed by atoms with E-state index in [0.29, 0.717) is 24.2 Å². The van der Waals surface area contributed by atoms with E-state index >= 15 is 0 Å². The third-order valence-corrected chi connectivity index (χ3v) is 4.59. The number of hydrogen-bond acceptors (Lipinski definition) is 5. The van der Waals surface area contributed by atoms with Crippen LogP contribution in [0.25, 0.3) is 11.4 Å². The second-order valence-corrected chi connectivity index (χ2v) is 6.03. The van der Waals surface area contributed by atoms with Gasteiger partial charge in [0.25, 0.3) is 0 Å². The molecule has 23 heavy (non-hydrogen) atoms. The van der Waals surface area contributed by atoms with E-state index in [1.54, 1.807) is 30.5 Å². The highest BCUT2D eigenvalue weighted by Crippen LogP contribution is 2.33. The maximum Gasteiger partial charge on any atom is 0.162 e. The average molecular weight is 317 g/mol. The summed E-state index contributed by atoms with van der Waals surface area (Å²) in [6, 6.07) is 7.93. The van der Waals surface area contributed by atoms with Crippen LogP contribution in [0.3, 0.4) is 0 Å². The Morgan fingerprint density at radius 3 is 2.74 bits per heavy atom. The van der Waals surface area contributed by atoms with Gasteiger partial charge in [-0.05, 0) is 37.0 Å². The van der Waals surface area contributed by atoms with Crippen LogP contribution in [0.15, 0.2) is 36.5 Å². The molecule has 1 aliphatic carbocycles. The van der Waals surface area contributed by atoms with Crippen LogP contribution in [0, 0.1) is 17.7 Å². The van der Waals surface area contributed by atoms with E-state index in [1.165, 1.54) is 6.07 Å². The number of rotatable bonds is 4. The normalized spacial score (nSPS) is 27.3. The van der Waals surface area contributed by atoms with E-state index in [4.69, 9.17) is 5.73 Å². The molecule has 4 unspecified atom stereocenters. The van der Waals surface area contributed by atoms with Gasteiger partial charge in [-0.3, -0.25) is 0 Å². The first-order valence-corrected chi connectivity index (χ1v) is 7.71. The molecule has 1 aromatic heterocycles. The van der Waals surface area contributed by atoms with Crippen molar-refractivity contribution in [3.05, 3.63) is 48.0 Å². The van der Waals surface area contributed by atoms with E-state index in [2.05, 4.69) is 9.97 Å². The highest BCUT2D eigenvalue weighted by atomic mass is 19.1. The third-order valence-electron chi connectivity index (χ3n) is 4.59. The van der Waals surface area contributed by atoms with Crippen molar-refractivity contribution >= 4 is 0 Å². The molecule has 1 aromatic carbocycles. The van der Waals surface area contributed by atoms with Crippen LogP contribution in [0.5, 0.6) is 0 Å². The van der Waals surface area contributed by atoms with Crippen molar-refractivity contribution in [1.82, 2.24) is 9.97 Å². The number of benzene rings is 1. The molecule has 0 spiro atoms. The Morgan fingerprint density at radius 2 is 2.00 bits per heavy atom. The van der Waals surface area contributed by atoms with Crippen molar-refractivity contribution < 1.29 is 14.6 Å². The number of hydrogen-bond donors (Lipinski definition) is 3. The number of aromatic nitrogens is 2. The number of nitrogens with zero attached hydrogens (tertiary/aromatic N) is 2. The van der Waals surface area contributed by atoms with Crippen LogP contribution >= 0.6 is 0 Å². The summed E-state index contributed by atoms with van der Waals surface area (Å²) in [7, 11) is 0. The summed E-state index contributed by atoms with van der Waals surface area (Å²) in [6.45, 7) is -0.106. The Balaban J connectivity index is 1.85. The standard InChI is InChI=1S/C17H20FN3O2/c18-14-4-2-1-3-11(14)17-20-6-5-10(21-17)7-12-13(9-22)16(23)8-15(12)19/h1-6,12-13,15-16,22-23H,7-9,19H2. The van der Waals surface area contributed by atoms with E-state index < -0.39 is 6.10 Å². The van der Waals surface area contributed by atoms with Gasteiger partial charge in [0, 0.05) is 30.5 Å². The van der Waals surface area contributed by atoms with Gasteiger partial charge in [0.15, 0.2) is 5.82 Å². The van der Waals surface area contributed by atoms with Gasteiger partial charge in [-0.2, -0.15) is 0 Å². The second kappa shape index (κ2) is 6.70. The number of aliphatic hydroxyl groups is 2. The largest absolute Gasteiger partial charge is 0.396 e. The first-order chi connectivity index (χ1) is 11.1. The molecule has 122 valence electrons. The van der Waals surface area contributed by atoms with E-state index in [-0.39, 0.29) is 30.3 Å². The predicted octanol–water partition coefficient (Wildman–Crippen LogP) is 1.14. The molecule has 5 nitrogen and oxygen atoms in total. The monoisotopic (exact) mass is 317 g/mol. The number of nitrogens with two attached hydrogens (primary N) is 1. The van der Waals surface area contributed by atoms with Crippen molar-refractivity contribution in [2.75, 3.05) is 6.61 Å². The molecule has 0 bridgehead atoms. The Morgan fingerprint density at radius 1 is 1.22 bits per heavy atom. The molecule has 1 heterocycles. The molecular weight excluding hydrogens is 297 g/mol. The Kier molecular flexibility index (Phi) is 4.66. The van der Waals surface area contributed by atoms with Crippen LogP contribution in [0.2, 0.25) is 0 Å². The summed E-state index contributed by atoms with van der Waals surface area (Å²) in [5.41, 5.74) is 7.16. The van der Waals surface area contributed by atoms with Crippen molar-refractivity contribution in [2.45, 2.75) is 25.0 Å². The predicted molar refractivity (Wildman–Crippen MR) is 83.8 cm³/mol. The van der Waals surface area contributed by atoms with Gasteiger partial charge in [-0.15, -0.1) is 0 Å². The van der Waals surface area contributed by atoms with Gasteiger partial charge in [0.1, 0.15) is 5.82 Å². The van der Waals surface area contributed by atoms with Crippen LogP contribution in [0.4, 0.5) is 4.39 Å². The quantitative estimate of drug-likeness (QED) is 0.786. The molecule has 4 atom stereocenters. The molecule has 0 saturated heterocycles. The van der Waals surface area contributed by atoms with Crippen LogP contribution in [0.1, 0.15) is 12.1 Å². The lowest BCUT2D eigenvalue weighted by Gasteiger charge is -2.21. The third kappa shape index (κ3) is 3.24. The van der Waals surface area contributed by atoms with Gasteiger partial charge >= 0.3 is 0 Å². The average Bonchev–Trinajstić information content (AvgIpc) is 2.81.